The second kappa shape index (κ2) is 10.5. The monoisotopic (exact) mass is 498 g/mol. The molecule has 0 aliphatic rings. The summed E-state index contributed by atoms with van der Waals surface area (Å²) in [5.74, 6) is -0.173. The van der Waals surface area contributed by atoms with Gasteiger partial charge < -0.3 is 9.47 Å². The van der Waals surface area contributed by atoms with E-state index < -0.39 is 11.9 Å². The minimum Gasteiger partial charge on any atom is -0.482 e. The average Bonchev–Trinajstić information content (AvgIpc) is 3.16. The molecule has 0 fully saturated rings. The average molecular weight is 499 g/mol. The van der Waals surface area contributed by atoms with Crippen molar-refractivity contribution in [3.63, 3.8) is 0 Å². The van der Waals surface area contributed by atoms with Gasteiger partial charge in [-0.05, 0) is 48.0 Å². The van der Waals surface area contributed by atoms with Gasteiger partial charge in [-0.25, -0.2) is 10.2 Å². The van der Waals surface area contributed by atoms with Gasteiger partial charge in [0.05, 0.1) is 16.3 Å². The van der Waals surface area contributed by atoms with Gasteiger partial charge in [-0.3, -0.25) is 4.79 Å². The molecule has 1 amide bonds. The number of thiophene rings is 1. The quantitative estimate of drug-likeness (QED) is 0.147. The smallest absolute Gasteiger partial charge is 0.355 e. The molecule has 166 valence electrons. The fourth-order valence-corrected chi connectivity index (χ4v) is 4.41. The van der Waals surface area contributed by atoms with Gasteiger partial charge in [-0.1, -0.05) is 53.5 Å². The molecular weight excluding hydrogens is 483 g/mol. The Bertz CT molecular complexity index is 1340. The largest absolute Gasteiger partial charge is 0.482 e. The Balaban J connectivity index is 1.30. The van der Waals surface area contributed by atoms with E-state index in [0.717, 1.165) is 10.1 Å². The summed E-state index contributed by atoms with van der Waals surface area (Å²) in [7, 11) is 0. The zero-order valence-electron chi connectivity index (χ0n) is 17.0. The Morgan fingerprint density at radius 1 is 0.970 bits per heavy atom. The third kappa shape index (κ3) is 5.70. The van der Waals surface area contributed by atoms with Crippen LogP contribution in [0.25, 0.3) is 10.1 Å². The molecule has 1 N–H and O–H groups in total. The lowest BCUT2D eigenvalue weighted by Crippen LogP contribution is -2.24. The molecule has 0 radical (unpaired) electrons. The molecule has 0 aliphatic heterocycles. The number of rotatable bonds is 7. The maximum atomic E-state index is 12.5. The fraction of sp³-hybridized carbons (Fsp3) is 0.0417. The van der Waals surface area contributed by atoms with Gasteiger partial charge in [-0.15, -0.1) is 11.3 Å². The SMILES string of the molecule is O=C(COc1ccccc1Cl)NN=Cc1ccc(OC(=O)c2sc3ccccc3c2Cl)cc1. The van der Waals surface area contributed by atoms with E-state index in [1.165, 1.54) is 17.6 Å². The lowest BCUT2D eigenvalue weighted by Gasteiger charge is -2.06. The Hall–Kier alpha value is -3.39. The van der Waals surface area contributed by atoms with E-state index >= 15 is 0 Å². The van der Waals surface area contributed by atoms with E-state index in [1.54, 1.807) is 48.5 Å². The van der Waals surface area contributed by atoms with Crippen molar-refractivity contribution in [2.45, 2.75) is 0 Å². The van der Waals surface area contributed by atoms with Crippen LogP contribution in [-0.2, 0) is 4.79 Å². The zero-order valence-corrected chi connectivity index (χ0v) is 19.3. The first-order chi connectivity index (χ1) is 16.0. The lowest BCUT2D eigenvalue weighted by molar-refractivity contribution is -0.123. The predicted octanol–water partition coefficient (Wildman–Crippen LogP) is 5.96. The van der Waals surface area contributed by atoms with Crippen molar-refractivity contribution in [3.05, 3.63) is 93.3 Å². The molecule has 1 aromatic heterocycles. The van der Waals surface area contributed by atoms with Crippen molar-refractivity contribution in [1.29, 1.82) is 0 Å². The number of nitrogens with zero attached hydrogens (tertiary/aromatic N) is 1. The molecule has 4 aromatic rings. The molecule has 0 aliphatic carbocycles. The van der Waals surface area contributed by atoms with E-state index in [0.29, 0.717) is 32.0 Å². The lowest BCUT2D eigenvalue weighted by atomic mass is 10.2. The number of hydrazone groups is 1. The highest BCUT2D eigenvalue weighted by atomic mass is 35.5. The number of nitrogens with one attached hydrogen (secondary N) is 1. The molecule has 0 atom stereocenters. The number of esters is 1. The number of halogens is 2. The van der Waals surface area contributed by atoms with Gasteiger partial charge in [0.2, 0.25) is 0 Å². The van der Waals surface area contributed by atoms with Gasteiger partial charge in [0.25, 0.3) is 5.91 Å². The third-order valence-corrected chi connectivity index (χ3v) is 6.38. The van der Waals surface area contributed by atoms with Crippen molar-refractivity contribution >= 4 is 62.7 Å². The highest BCUT2D eigenvalue weighted by Crippen LogP contribution is 2.35. The summed E-state index contributed by atoms with van der Waals surface area (Å²) < 4.78 is 11.7. The number of amides is 1. The first kappa shape index (κ1) is 22.8. The van der Waals surface area contributed by atoms with E-state index in [-0.39, 0.29) is 6.61 Å². The number of ether oxygens (including phenoxy) is 2. The summed E-state index contributed by atoms with van der Waals surface area (Å²) in [4.78, 5) is 24.7. The van der Waals surface area contributed by atoms with Crippen molar-refractivity contribution in [2.75, 3.05) is 6.61 Å². The normalized spacial score (nSPS) is 11.0. The van der Waals surface area contributed by atoms with Crippen LogP contribution in [0.3, 0.4) is 0 Å². The second-order valence-electron chi connectivity index (χ2n) is 6.71. The van der Waals surface area contributed by atoms with Gasteiger partial charge in [0, 0.05) is 10.1 Å². The second-order valence-corrected chi connectivity index (χ2v) is 8.55. The van der Waals surface area contributed by atoms with Crippen LogP contribution in [0.15, 0.2) is 77.9 Å². The van der Waals surface area contributed by atoms with Crippen LogP contribution in [0.5, 0.6) is 11.5 Å². The van der Waals surface area contributed by atoms with Crippen LogP contribution < -0.4 is 14.9 Å². The van der Waals surface area contributed by atoms with Gasteiger partial charge in [0.1, 0.15) is 16.4 Å². The molecule has 0 spiro atoms. The van der Waals surface area contributed by atoms with Crippen LogP contribution in [-0.4, -0.2) is 24.7 Å². The number of hydrogen-bond donors (Lipinski definition) is 1. The molecule has 0 bridgehead atoms. The summed E-state index contributed by atoms with van der Waals surface area (Å²) in [6.07, 6.45) is 1.46. The predicted molar refractivity (Wildman–Crippen MR) is 131 cm³/mol. The molecule has 0 saturated carbocycles. The number of carbonyl (C=O) groups excluding carboxylic acids is 2. The van der Waals surface area contributed by atoms with Gasteiger partial charge in [-0.2, -0.15) is 5.10 Å². The number of fused-ring (bicyclic) bond motifs is 1. The third-order valence-electron chi connectivity index (χ3n) is 4.41. The topological polar surface area (TPSA) is 77.0 Å². The summed E-state index contributed by atoms with van der Waals surface area (Å²) >= 11 is 13.6. The first-order valence-electron chi connectivity index (χ1n) is 9.70. The van der Waals surface area contributed by atoms with Crippen molar-refractivity contribution in [1.82, 2.24) is 5.43 Å². The molecule has 1 heterocycles. The molecule has 0 saturated heterocycles. The number of para-hydroxylation sites is 1. The number of carbonyl (C=O) groups is 2. The Morgan fingerprint density at radius 2 is 1.70 bits per heavy atom. The minimum atomic E-state index is -0.520. The highest BCUT2D eigenvalue weighted by Gasteiger charge is 2.18. The first-order valence-corrected chi connectivity index (χ1v) is 11.3. The maximum Gasteiger partial charge on any atom is 0.355 e. The molecular formula is C24H16Cl2N2O4S. The van der Waals surface area contributed by atoms with E-state index in [9.17, 15) is 9.59 Å². The number of hydrogen-bond acceptors (Lipinski definition) is 6. The fourth-order valence-electron chi connectivity index (χ4n) is 2.84. The van der Waals surface area contributed by atoms with E-state index in [2.05, 4.69) is 10.5 Å². The van der Waals surface area contributed by atoms with Crippen molar-refractivity contribution in [3.8, 4) is 11.5 Å². The molecule has 0 unspecified atom stereocenters. The molecule has 3 aromatic carbocycles. The number of benzene rings is 3. The Labute approximate surface area is 203 Å². The van der Waals surface area contributed by atoms with Gasteiger partial charge >= 0.3 is 5.97 Å². The van der Waals surface area contributed by atoms with Crippen LogP contribution >= 0.6 is 34.5 Å². The van der Waals surface area contributed by atoms with Crippen LogP contribution in [0.2, 0.25) is 10.0 Å². The van der Waals surface area contributed by atoms with Crippen molar-refractivity contribution in [2.24, 2.45) is 5.10 Å². The minimum absolute atomic E-state index is 0.226. The summed E-state index contributed by atoms with van der Waals surface area (Å²) in [5, 5.41) is 5.52. The van der Waals surface area contributed by atoms with Gasteiger partial charge in [0.15, 0.2) is 6.61 Å². The van der Waals surface area contributed by atoms with Crippen molar-refractivity contribution < 1.29 is 19.1 Å². The molecule has 9 heteroatoms. The summed E-state index contributed by atoms with van der Waals surface area (Å²) in [6, 6.07) is 21.0. The van der Waals surface area contributed by atoms with E-state index in [4.69, 9.17) is 32.7 Å². The Morgan fingerprint density at radius 3 is 2.45 bits per heavy atom. The molecule has 33 heavy (non-hydrogen) atoms. The standard InChI is InChI=1S/C24H16Cl2N2O4S/c25-18-6-2-3-7-19(18)31-14-21(29)28-27-13-15-9-11-16(12-10-15)32-24(30)23-22(26)17-5-1-4-8-20(17)33-23/h1-13H,14H2,(H,28,29). The highest BCUT2D eigenvalue weighted by molar-refractivity contribution is 7.21. The van der Waals surface area contributed by atoms with E-state index in [1.807, 2.05) is 24.3 Å². The zero-order chi connectivity index (χ0) is 23.2. The molecule has 4 rings (SSSR count). The summed E-state index contributed by atoms with van der Waals surface area (Å²) in [6.45, 7) is -0.226. The molecule has 6 nitrogen and oxygen atoms in total. The van der Waals surface area contributed by atoms with Crippen LogP contribution in [0.1, 0.15) is 15.2 Å². The summed E-state index contributed by atoms with van der Waals surface area (Å²) in [5.41, 5.74) is 3.07. The maximum absolute atomic E-state index is 12.5. The van der Waals surface area contributed by atoms with Crippen LogP contribution in [0, 0.1) is 0 Å². The Kier molecular flexibility index (Phi) is 7.24. The van der Waals surface area contributed by atoms with Crippen LogP contribution in [0.4, 0.5) is 0 Å².